The first kappa shape index (κ1) is 12.6. The fourth-order valence-electron chi connectivity index (χ4n) is 1.14. The topological polar surface area (TPSA) is 84.3 Å². The van der Waals surface area contributed by atoms with Crippen LogP contribution in [0.4, 0.5) is 0 Å². The van der Waals surface area contributed by atoms with Gasteiger partial charge in [-0.3, -0.25) is 9.78 Å². The largest absolute Gasteiger partial charge is 0.480 e. The lowest BCUT2D eigenvalue weighted by Crippen LogP contribution is -2.29. The molecule has 0 amide bonds. The predicted octanol–water partition coefficient (Wildman–Crippen LogP) is 0.512. The third kappa shape index (κ3) is 3.30. The van der Waals surface area contributed by atoms with Crippen molar-refractivity contribution in [3.05, 3.63) is 30.1 Å². The van der Waals surface area contributed by atoms with E-state index in [9.17, 15) is 13.2 Å². The van der Waals surface area contributed by atoms with Gasteiger partial charge in [0.05, 0.1) is 5.75 Å². The Bertz CT molecular complexity index is 455. The summed E-state index contributed by atoms with van der Waals surface area (Å²) in [5.41, 5.74) is 0.781. The molecular weight excluding hydrogens is 230 g/mol. The van der Waals surface area contributed by atoms with E-state index < -0.39 is 21.1 Å². The number of hydrogen-bond acceptors (Lipinski definition) is 4. The number of nitrogens with zero attached hydrogens (tertiary/aromatic N) is 1. The molecule has 0 aromatic carbocycles. The van der Waals surface area contributed by atoms with E-state index in [1.165, 1.54) is 6.92 Å². The van der Waals surface area contributed by atoms with Gasteiger partial charge >= 0.3 is 5.97 Å². The lowest BCUT2D eigenvalue weighted by Gasteiger charge is -2.07. The number of aliphatic carboxylic acids is 1. The third-order valence-electron chi connectivity index (χ3n) is 2.28. The van der Waals surface area contributed by atoms with E-state index in [0.717, 1.165) is 5.56 Å². The summed E-state index contributed by atoms with van der Waals surface area (Å²) in [7, 11) is -3.59. The molecule has 1 aromatic heterocycles. The summed E-state index contributed by atoms with van der Waals surface area (Å²) in [6.45, 7) is 1.18. The van der Waals surface area contributed by atoms with Gasteiger partial charge in [-0.2, -0.15) is 0 Å². The van der Waals surface area contributed by atoms with Crippen molar-refractivity contribution in [3.8, 4) is 0 Å². The molecule has 88 valence electrons. The van der Waals surface area contributed by atoms with Crippen molar-refractivity contribution in [3.63, 3.8) is 0 Å². The molecule has 0 aliphatic heterocycles. The molecule has 1 unspecified atom stereocenters. The van der Waals surface area contributed by atoms with Gasteiger partial charge in [0.2, 0.25) is 0 Å². The molecule has 0 radical (unpaired) electrons. The van der Waals surface area contributed by atoms with Gasteiger partial charge in [-0.15, -0.1) is 0 Å². The average molecular weight is 243 g/mol. The maximum atomic E-state index is 11.5. The minimum absolute atomic E-state index is 0.174. The lowest BCUT2D eigenvalue weighted by molar-refractivity contribution is -0.136. The van der Waals surface area contributed by atoms with Crippen molar-refractivity contribution in [2.24, 2.45) is 0 Å². The van der Waals surface area contributed by atoms with Crippen molar-refractivity contribution >= 4 is 15.8 Å². The molecule has 6 heteroatoms. The van der Waals surface area contributed by atoms with Crippen LogP contribution in [0.25, 0.3) is 0 Å². The van der Waals surface area contributed by atoms with Crippen LogP contribution < -0.4 is 0 Å². The molecule has 0 bridgehead atoms. The molecule has 0 aliphatic carbocycles. The second-order valence-electron chi connectivity index (χ2n) is 3.46. The van der Waals surface area contributed by atoms with E-state index in [-0.39, 0.29) is 12.2 Å². The fraction of sp³-hybridized carbons (Fsp3) is 0.400. The molecule has 0 fully saturated rings. The normalized spacial score (nSPS) is 13.3. The van der Waals surface area contributed by atoms with Gasteiger partial charge in [0.25, 0.3) is 0 Å². The minimum atomic E-state index is -3.59. The average Bonchev–Trinajstić information content (AvgIpc) is 2.27. The van der Waals surface area contributed by atoms with Crippen LogP contribution in [0.1, 0.15) is 12.5 Å². The molecule has 1 N–H and O–H groups in total. The van der Waals surface area contributed by atoms with E-state index in [1.54, 1.807) is 24.5 Å². The van der Waals surface area contributed by atoms with E-state index >= 15 is 0 Å². The van der Waals surface area contributed by atoms with Crippen LogP contribution in [-0.2, 0) is 21.1 Å². The molecule has 1 aromatic rings. The Morgan fingerprint density at radius 1 is 1.56 bits per heavy atom. The van der Waals surface area contributed by atoms with Crippen LogP contribution in [0.2, 0.25) is 0 Å². The number of hydrogen-bond donors (Lipinski definition) is 1. The first-order valence-electron chi connectivity index (χ1n) is 4.77. The van der Waals surface area contributed by atoms with Crippen LogP contribution >= 0.6 is 0 Å². The van der Waals surface area contributed by atoms with Crippen LogP contribution in [0, 0.1) is 0 Å². The Hall–Kier alpha value is -1.43. The zero-order valence-corrected chi connectivity index (χ0v) is 9.64. The Balaban J connectivity index is 2.65. The summed E-state index contributed by atoms with van der Waals surface area (Å²) in [5, 5.41) is 7.27. The van der Waals surface area contributed by atoms with Crippen molar-refractivity contribution in [2.45, 2.75) is 18.6 Å². The highest BCUT2D eigenvalue weighted by molar-refractivity contribution is 7.92. The number of pyridine rings is 1. The number of carboxylic acid groups (broad SMARTS) is 1. The summed E-state index contributed by atoms with van der Waals surface area (Å²) >= 11 is 0. The number of aryl methyl sites for hydroxylation is 1. The van der Waals surface area contributed by atoms with Gasteiger partial charge in [-0.1, -0.05) is 6.07 Å². The van der Waals surface area contributed by atoms with Gasteiger partial charge in [0, 0.05) is 12.4 Å². The number of carboxylic acids is 1. The first-order chi connectivity index (χ1) is 7.43. The first-order valence-corrected chi connectivity index (χ1v) is 6.48. The van der Waals surface area contributed by atoms with Crippen molar-refractivity contribution in [1.82, 2.24) is 4.98 Å². The zero-order chi connectivity index (χ0) is 12.2. The standard InChI is InChI=1S/C10H13NO4S/c1-8(10(12)13)16(14,15)6-4-9-3-2-5-11-7-9/h2-3,5,7-8H,4,6H2,1H3,(H,12,13). The lowest BCUT2D eigenvalue weighted by atomic mass is 10.2. The third-order valence-corrected chi connectivity index (χ3v) is 4.34. The molecule has 1 rings (SSSR count). The summed E-state index contributed by atoms with van der Waals surface area (Å²) < 4.78 is 23.1. The molecule has 1 atom stereocenters. The smallest absolute Gasteiger partial charge is 0.321 e. The highest BCUT2D eigenvalue weighted by Crippen LogP contribution is 2.06. The number of sulfone groups is 1. The Morgan fingerprint density at radius 2 is 2.25 bits per heavy atom. The highest BCUT2D eigenvalue weighted by Gasteiger charge is 2.26. The molecule has 0 saturated carbocycles. The van der Waals surface area contributed by atoms with Crippen molar-refractivity contribution in [1.29, 1.82) is 0 Å². The summed E-state index contributed by atoms with van der Waals surface area (Å²) in [4.78, 5) is 14.4. The Morgan fingerprint density at radius 3 is 2.75 bits per heavy atom. The molecule has 5 nitrogen and oxygen atoms in total. The quantitative estimate of drug-likeness (QED) is 0.814. The Kier molecular flexibility index (Phi) is 4.00. The van der Waals surface area contributed by atoms with E-state index in [2.05, 4.69) is 4.98 Å². The monoisotopic (exact) mass is 243 g/mol. The van der Waals surface area contributed by atoms with Gasteiger partial charge in [0.15, 0.2) is 15.1 Å². The molecular formula is C10H13NO4S. The SMILES string of the molecule is CC(C(=O)O)S(=O)(=O)CCc1cccnc1. The van der Waals surface area contributed by atoms with Crippen LogP contribution in [0.15, 0.2) is 24.5 Å². The van der Waals surface area contributed by atoms with Crippen molar-refractivity contribution < 1.29 is 18.3 Å². The van der Waals surface area contributed by atoms with Crippen LogP contribution in [0.5, 0.6) is 0 Å². The summed E-state index contributed by atoms with van der Waals surface area (Å²) in [6.07, 6.45) is 3.45. The predicted molar refractivity (Wildman–Crippen MR) is 58.8 cm³/mol. The molecule has 16 heavy (non-hydrogen) atoms. The molecule has 0 aliphatic rings. The second-order valence-corrected chi connectivity index (χ2v) is 5.90. The number of rotatable bonds is 5. The maximum Gasteiger partial charge on any atom is 0.321 e. The summed E-state index contributed by atoms with van der Waals surface area (Å²) in [5.74, 6) is -1.49. The van der Waals surface area contributed by atoms with Crippen LogP contribution in [-0.4, -0.2) is 35.5 Å². The molecule has 0 spiro atoms. The van der Waals surface area contributed by atoms with E-state index in [4.69, 9.17) is 5.11 Å². The zero-order valence-electron chi connectivity index (χ0n) is 8.83. The van der Waals surface area contributed by atoms with E-state index in [1.807, 2.05) is 0 Å². The van der Waals surface area contributed by atoms with Gasteiger partial charge in [-0.05, 0) is 25.0 Å². The van der Waals surface area contributed by atoms with Gasteiger partial charge < -0.3 is 5.11 Å². The maximum absolute atomic E-state index is 11.5. The Labute approximate surface area is 94.1 Å². The fourth-order valence-corrected chi connectivity index (χ4v) is 2.32. The van der Waals surface area contributed by atoms with E-state index in [0.29, 0.717) is 0 Å². The number of carbonyl (C=O) groups is 1. The molecule has 0 saturated heterocycles. The van der Waals surface area contributed by atoms with Gasteiger partial charge in [0.1, 0.15) is 0 Å². The minimum Gasteiger partial charge on any atom is -0.480 e. The molecule has 1 heterocycles. The van der Waals surface area contributed by atoms with Gasteiger partial charge in [-0.25, -0.2) is 8.42 Å². The van der Waals surface area contributed by atoms with Crippen LogP contribution in [0.3, 0.4) is 0 Å². The summed E-state index contributed by atoms with van der Waals surface area (Å²) in [6, 6.07) is 3.47. The van der Waals surface area contributed by atoms with Crippen molar-refractivity contribution in [2.75, 3.05) is 5.75 Å². The highest BCUT2D eigenvalue weighted by atomic mass is 32.2. The second kappa shape index (κ2) is 5.07. The number of aromatic nitrogens is 1.